The van der Waals surface area contributed by atoms with Crippen molar-refractivity contribution in [2.24, 2.45) is 0 Å². The minimum atomic E-state index is -4.11. The van der Waals surface area contributed by atoms with Crippen LogP contribution in [-0.2, 0) is 21.5 Å². The number of carbonyl (C=O) groups is 1. The fourth-order valence-electron chi connectivity index (χ4n) is 2.96. The van der Waals surface area contributed by atoms with Gasteiger partial charge in [0.15, 0.2) is 11.5 Å². The predicted molar refractivity (Wildman–Crippen MR) is 132 cm³/mol. The van der Waals surface area contributed by atoms with Gasteiger partial charge in [0, 0.05) is 6.54 Å². The third kappa shape index (κ3) is 6.25. The number of ether oxygens (including phenoxy) is 1. The lowest BCUT2D eigenvalue weighted by Gasteiger charge is -2.14. The van der Waals surface area contributed by atoms with Crippen LogP contribution in [0, 0.1) is 18.3 Å². The zero-order chi connectivity index (χ0) is 24.7. The lowest BCUT2D eigenvalue weighted by atomic mass is 10.1. The summed E-state index contributed by atoms with van der Waals surface area (Å²) >= 11 is 3.30. The fourth-order valence-corrected chi connectivity index (χ4v) is 4.56. The minimum Gasteiger partial charge on any atom is -0.493 e. The van der Waals surface area contributed by atoms with Gasteiger partial charge in [0.25, 0.3) is 5.91 Å². The van der Waals surface area contributed by atoms with Crippen LogP contribution in [-0.4, -0.2) is 21.4 Å². The van der Waals surface area contributed by atoms with Gasteiger partial charge in [-0.05, 0) is 64.3 Å². The Balaban J connectivity index is 1.85. The summed E-state index contributed by atoms with van der Waals surface area (Å²) in [6.45, 7) is 2.12. The number of amides is 1. The predicted octanol–water partition coefficient (Wildman–Crippen LogP) is 4.76. The number of methoxy groups -OCH3 is 1. The first-order valence-corrected chi connectivity index (χ1v) is 12.3. The molecule has 0 aliphatic rings. The van der Waals surface area contributed by atoms with Crippen LogP contribution in [0.25, 0.3) is 6.08 Å². The van der Waals surface area contributed by atoms with Gasteiger partial charge in [0.05, 0.1) is 11.6 Å². The molecule has 174 valence electrons. The van der Waals surface area contributed by atoms with Crippen molar-refractivity contribution in [3.8, 4) is 17.6 Å². The fraction of sp³-hybridized carbons (Fsp3) is 0.120. The Morgan fingerprint density at radius 2 is 1.79 bits per heavy atom. The second-order valence-corrected chi connectivity index (χ2v) is 9.62. The lowest BCUT2D eigenvalue weighted by molar-refractivity contribution is -0.117. The van der Waals surface area contributed by atoms with Crippen LogP contribution in [0.15, 0.2) is 81.7 Å². The number of rotatable bonds is 8. The average molecular weight is 541 g/mol. The van der Waals surface area contributed by atoms with Crippen molar-refractivity contribution in [2.45, 2.75) is 18.4 Å². The lowest BCUT2D eigenvalue weighted by Crippen LogP contribution is -2.23. The van der Waals surface area contributed by atoms with Crippen molar-refractivity contribution < 1.29 is 22.1 Å². The molecule has 0 bridgehead atoms. The van der Waals surface area contributed by atoms with Gasteiger partial charge in [0.1, 0.15) is 16.5 Å². The molecule has 0 saturated heterocycles. The highest BCUT2D eigenvalue weighted by atomic mass is 79.9. The highest BCUT2D eigenvalue weighted by molar-refractivity contribution is 9.10. The van der Waals surface area contributed by atoms with E-state index in [1.54, 1.807) is 12.1 Å². The van der Waals surface area contributed by atoms with E-state index in [-0.39, 0.29) is 33.0 Å². The van der Waals surface area contributed by atoms with E-state index in [2.05, 4.69) is 21.2 Å². The number of nitrogens with zero attached hydrogens (tertiary/aromatic N) is 1. The van der Waals surface area contributed by atoms with E-state index in [0.717, 1.165) is 11.1 Å². The topological polar surface area (TPSA) is 105 Å². The maximum absolute atomic E-state index is 12.7. The maximum Gasteiger partial charge on any atom is 0.339 e. The second-order valence-electron chi connectivity index (χ2n) is 7.22. The van der Waals surface area contributed by atoms with E-state index in [1.165, 1.54) is 37.5 Å². The molecular formula is C25H21BrN2O5S. The van der Waals surface area contributed by atoms with E-state index in [1.807, 2.05) is 43.3 Å². The Bertz CT molecular complexity index is 1360. The molecule has 7 nitrogen and oxygen atoms in total. The molecule has 0 fully saturated rings. The number of benzene rings is 3. The van der Waals surface area contributed by atoms with Crippen molar-refractivity contribution in [3.05, 3.63) is 93.5 Å². The minimum absolute atomic E-state index is 0.00196. The Labute approximate surface area is 206 Å². The number of nitriles is 1. The first-order valence-electron chi connectivity index (χ1n) is 10.1. The number of aryl methyl sites for hydroxylation is 1. The molecule has 3 aromatic rings. The van der Waals surface area contributed by atoms with Gasteiger partial charge in [0.2, 0.25) is 0 Å². The zero-order valence-electron chi connectivity index (χ0n) is 18.4. The Kier molecular flexibility index (Phi) is 8.10. The van der Waals surface area contributed by atoms with Crippen molar-refractivity contribution in [1.82, 2.24) is 5.32 Å². The van der Waals surface area contributed by atoms with Gasteiger partial charge in [-0.3, -0.25) is 4.79 Å². The van der Waals surface area contributed by atoms with Gasteiger partial charge in [-0.15, -0.1) is 0 Å². The molecule has 34 heavy (non-hydrogen) atoms. The normalized spacial score (nSPS) is 11.4. The van der Waals surface area contributed by atoms with Crippen LogP contribution in [0.2, 0.25) is 0 Å². The van der Waals surface area contributed by atoms with Gasteiger partial charge < -0.3 is 14.2 Å². The maximum atomic E-state index is 12.7. The number of hydrogen-bond donors (Lipinski definition) is 1. The second kappa shape index (κ2) is 11.0. The molecule has 0 unspecified atom stereocenters. The third-order valence-corrected chi connectivity index (χ3v) is 6.55. The first-order chi connectivity index (χ1) is 16.2. The van der Waals surface area contributed by atoms with Crippen molar-refractivity contribution in [2.75, 3.05) is 7.11 Å². The number of halogens is 1. The molecule has 0 aliphatic carbocycles. The summed E-state index contributed by atoms with van der Waals surface area (Å²) < 4.78 is 36.4. The molecule has 1 amide bonds. The van der Waals surface area contributed by atoms with Crippen molar-refractivity contribution in [1.29, 1.82) is 5.26 Å². The molecule has 0 aromatic heterocycles. The summed E-state index contributed by atoms with van der Waals surface area (Å²) in [5.41, 5.74) is 2.13. The molecule has 0 spiro atoms. The molecule has 0 heterocycles. The molecule has 3 aromatic carbocycles. The quantitative estimate of drug-likeness (QED) is 0.251. The van der Waals surface area contributed by atoms with Crippen molar-refractivity contribution >= 4 is 38.0 Å². The van der Waals surface area contributed by atoms with Crippen LogP contribution < -0.4 is 14.2 Å². The van der Waals surface area contributed by atoms with Gasteiger partial charge in [-0.25, -0.2) is 0 Å². The Morgan fingerprint density at radius 3 is 2.41 bits per heavy atom. The summed E-state index contributed by atoms with van der Waals surface area (Å²) in [4.78, 5) is 12.5. The van der Waals surface area contributed by atoms with Crippen molar-refractivity contribution in [3.63, 3.8) is 0 Å². The highest BCUT2D eigenvalue weighted by Crippen LogP contribution is 2.39. The molecule has 0 radical (unpaired) electrons. The first kappa shape index (κ1) is 25.0. The van der Waals surface area contributed by atoms with Crippen LogP contribution in [0.5, 0.6) is 11.5 Å². The summed E-state index contributed by atoms with van der Waals surface area (Å²) in [7, 11) is -2.76. The smallest absolute Gasteiger partial charge is 0.339 e. The summed E-state index contributed by atoms with van der Waals surface area (Å²) in [5, 5.41) is 12.2. The SMILES string of the molecule is COc1cc(/C=C(\C#N)C(=O)NCc2ccccc2)cc(Br)c1OS(=O)(=O)c1ccc(C)cc1. The summed E-state index contributed by atoms with van der Waals surface area (Å²) in [6, 6.07) is 20.5. The molecule has 3 rings (SSSR count). The molecule has 1 N–H and O–H groups in total. The molecule has 9 heteroatoms. The van der Waals surface area contributed by atoms with E-state index >= 15 is 0 Å². The number of carbonyl (C=O) groups excluding carboxylic acids is 1. The van der Waals surface area contributed by atoms with Crippen LogP contribution >= 0.6 is 15.9 Å². The molecule has 0 aliphatic heterocycles. The molecular weight excluding hydrogens is 520 g/mol. The van der Waals surface area contributed by atoms with Crippen LogP contribution in [0.1, 0.15) is 16.7 Å². The Morgan fingerprint density at radius 1 is 1.12 bits per heavy atom. The van der Waals surface area contributed by atoms with Gasteiger partial charge in [-0.1, -0.05) is 48.0 Å². The van der Waals surface area contributed by atoms with E-state index in [0.29, 0.717) is 5.56 Å². The van der Waals surface area contributed by atoms with Crippen LogP contribution in [0.3, 0.4) is 0 Å². The third-order valence-electron chi connectivity index (χ3n) is 4.73. The van der Waals surface area contributed by atoms with E-state index in [9.17, 15) is 18.5 Å². The number of hydrogen-bond acceptors (Lipinski definition) is 6. The van der Waals surface area contributed by atoms with Crippen LogP contribution in [0.4, 0.5) is 0 Å². The zero-order valence-corrected chi connectivity index (χ0v) is 20.8. The van der Waals surface area contributed by atoms with Gasteiger partial charge >= 0.3 is 10.1 Å². The molecule has 0 atom stereocenters. The summed E-state index contributed by atoms with van der Waals surface area (Å²) in [5.74, 6) is -0.478. The standard InChI is InChI=1S/C25H21BrN2O5S/c1-17-8-10-21(11-9-17)34(30,31)33-24-22(26)13-19(14-23(24)32-2)12-20(15-27)25(29)28-16-18-6-4-3-5-7-18/h3-14H,16H2,1-2H3,(H,28,29)/b20-12+. The number of nitrogens with one attached hydrogen (secondary N) is 1. The monoisotopic (exact) mass is 540 g/mol. The molecule has 0 saturated carbocycles. The van der Waals surface area contributed by atoms with E-state index < -0.39 is 16.0 Å². The largest absolute Gasteiger partial charge is 0.493 e. The van der Waals surface area contributed by atoms with Gasteiger partial charge in [-0.2, -0.15) is 13.7 Å². The highest BCUT2D eigenvalue weighted by Gasteiger charge is 2.22. The Hall–Kier alpha value is -3.61. The summed E-state index contributed by atoms with van der Waals surface area (Å²) in [6.07, 6.45) is 1.38. The van der Waals surface area contributed by atoms with E-state index in [4.69, 9.17) is 8.92 Å². The average Bonchev–Trinajstić information content (AvgIpc) is 2.83.